The summed E-state index contributed by atoms with van der Waals surface area (Å²) in [6.45, 7) is 2.60. The SMILES string of the molecule is CN(C)C(=O)Oc1cccc2c1CC[C@H]1[C@@H]2CCN1CCCCCN1C(=O)c2ccccc2C1=O. The molecule has 2 aliphatic heterocycles. The van der Waals surface area contributed by atoms with Gasteiger partial charge in [0.05, 0.1) is 11.1 Å². The van der Waals surface area contributed by atoms with Crippen molar-refractivity contribution in [3.8, 4) is 5.75 Å². The Balaban J connectivity index is 1.12. The van der Waals surface area contributed by atoms with E-state index in [2.05, 4.69) is 11.0 Å². The highest BCUT2D eigenvalue weighted by Gasteiger charge is 2.39. The van der Waals surface area contributed by atoms with Crippen LogP contribution in [-0.4, -0.2) is 72.4 Å². The Morgan fingerprint density at radius 3 is 2.37 bits per heavy atom. The van der Waals surface area contributed by atoms with Crippen LogP contribution in [0.15, 0.2) is 42.5 Å². The van der Waals surface area contributed by atoms with Gasteiger partial charge in [-0.25, -0.2) is 4.79 Å². The van der Waals surface area contributed by atoms with Gasteiger partial charge in [0.25, 0.3) is 11.8 Å². The molecule has 0 saturated carbocycles. The van der Waals surface area contributed by atoms with E-state index in [9.17, 15) is 14.4 Å². The molecule has 0 spiro atoms. The molecule has 0 radical (unpaired) electrons. The van der Waals surface area contributed by atoms with Crippen LogP contribution < -0.4 is 4.74 Å². The number of amides is 3. The lowest BCUT2D eigenvalue weighted by Crippen LogP contribution is -2.36. The minimum atomic E-state index is -0.338. The average molecular weight is 476 g/mol. The van der Waals surface area contributed by atoms with Crippen LogP contribution in [0.4, 0.5) is 4.79 Å². The van der Waals surface area contributed by atoms with Crippen molar-refractivity contribution in [3.05, 3.63) is 64.7 Å². The van der Waals surface area contributed by atoms with Crippen molar-refractivity contribution in [2.75, 3.05) is 33.7 Å². The number of hydrogen-bond donors (Lipinski definition) is 0. The van der Waals surface area contributed by atoms with Gasteiger partial charge >= 0.3 is 6.09 Å². The molecule has 2 heterocycles. The molecule has 0 aromatic heterocycles. The standard InChI is InChI=1S/C28H33N3O4/c1-29(2)28(34)35-25-12-8-11-19-20-15-18-30(24(20)14-13-21(19)25)16-6-3-7-17-31-26(32)22-9-4-5-10-23(22)27(31)33/h4-5,8-12,20,24H,3,6-7,13-18H2,1-2H3/t20-,24+/m1/s1. The molecule has 0 unspecified atom stereocenters. The first kappa shape index (κ1) is 23.5. The van der Waals surface area contributed by atoms with Gasteiger partial charge in [-0.1, -0.05) is 30.7 Å². The second-order valence-electron chi connectivity index (χ2n) is 9.99. The summed E-state index contributed by atoms with van der Waals surface area (Å²) in [7, 11) is 3.39. The Morgan fingerprint density at radius 2 is 1.66 bits per heavy atom. The summed E-state index contributed by atoms with van der Waals surface area (Å²) in [5.41, 5.74) is 3.57. The summed E-state index contributed by atoms with van der Waals surface area (Å²) in [5.74, 6) is 0.857. The third kappa shape index (κ3) is 4.45. The minimum Gasteiger partial charge on any atom is -0.410 e. The molecule has 1 aliphatic carbocycles. The molecule has 0 bridgehead atoms. The van der Waals surface area contributed by atoms with Crippen LogP contribution >= 0.6 is 0 Å². The Morgan fingerprint density at radius 1 is 0.943 bits per heavy atom. The molecule has 3 amide bonds. The molecule has 2 aromatic rings. The van der Waals surface area contributed by atoms with Crippen LogP contribution in [0.1, 0.15) is 69.9 Å². The first-order valence-corrected chi connectivity index (χ1v) is 12.7. The van der Waals surface area contributed by atoms with E-state index in [1.807, 2.05) is 12.1 Å². The number of fused-ring (bicyclic) bond motifs is 4. The topological polar surface area (TPSA) is 70.2 Å². The number of ether oxygens (including phenoxy) is 1. The molecule has 1 saturated heterocycles. The maximum absolute atomic E-state index is 12.5. The molecule has 5 rings (SSSR count). The van der Waals surface area contributed by atoms with Crippen molar-refractivity contribution >= 4 is 17.9 Å². The molecule has 184 valence electrons. The molecule has 0 N–H and O–H groups in total. The lowest BCUT2D eigenvalue weighted by molar-refractivity contribution is 0.0651. The number of benzene rings is 2. The zero-order valence-electron chi connectivity index (χ0n) is 20.5. The van der Waals surface area contributed by atoms with Crippen LogP contribution in [0, 0.1) is 0 Å². The molecule has 2 aromatic carbocycles. The van der Waals surface area contributed by atoms with E-state index >= 15 is 0 Å². The lowest BCUT2D eigenvalue weighted by atomic mass is 9.79. The molecule has 2 atom stereocenters. The maximum Gasteiger partial charge on any atom is 0.414 e. The number of likely N-dealkylation sites (tertiary alicyclic amines) is 1. The van der Waals surface area contributed by atoms with Crippen molar-refractivity contribution in [2.24, 2.45) is 0 Å². The highest BCUT2D eigenvalue weighted by Crippen LogP contribution is 2.44. The molecular formula is C28H33N3O4. The van der Waals surface area contributed by atoms with Gasteiger partial charge in [-0.05, 0) is 74.5 Å². The monoisotopic (exact) mass is 475 g/mol. The summed E-state index contributed by atoms with van der Waals surface area (Å²) in [6.07, 6.45) is 5.65. The number of nitrogens with zero attached hydrogens (tertiary/aromatic N) is 3. The summed E-state index contributed by atoms with van der Waals surface area (Å²) in [5, 5.41) is 0. The molecule has 1 fully saturated rings. The fourth-order valence-corrected chi connectivity index (χ4v) is 5.92. The van der Waals surface area contributed by atoms with Crippen LogP contribution in [0.25, 0.3) is 0 Å². The van der Waals surface area contributed by atoms with Crippen molar-refractivity contribution in [3.63, 3.8) is 0 Å². The lowest BCUT2D eigenvalue weighted by Gasteiger charge is -2.34. The van der Waals surface area contributed by atoms with Crippen molar-refractivity contribution < 1.29 is 19.1 Å². The van der Waals surface area contributed by atoms with Gasteiger partial charge in [0.2, 0.25) is 0 Å². The second kappa shape index (κ2) is 9.82. The molecule has 7 heteroatoms. The summed E-state index contributed by atoms with van der Waals surface area (Å²) in [4.78, 5) is 42.6. The van der Waals surface area contributed by atoms with E-state index in [4.69, 9.17) is 4.74 Å². The van der Waals surface area contributed by atoms with Crippen molar-refractivity contribution in [2.45, 2.75) is 50.5 Å². The van der Waals surface area contributed by atoms with Gasteiger partial charge < -0.3 is 9.64 Å². The number of unbranched alkanes of at least 4 members (excludes halogenated alkanes) is 2. The number of rotatable bonds is 7. The second-order valence-corrected chi connectivity index (χ2v) is 9.99. The van der Waals surface area contributed by atoms with Gasteiger partial charge in [-0.3, -0.25) is 19.4 Å². The van der Waals surface area contributed by atoms with E-state index in [1.54, 1.807) is 38.4 Å². The maximum atomic E-state index is 12.5. The highest BCUT2D eigenvalue weighted by molar-refractivity contribution is 6.21. The van der Waals surface area contributed by atoms with E-state index in [0.29, 0.717) is 35.4 Å². The largest absolute Gasteiger partial charge is 0.414 e. The first-order valence-electron chi connectivity index (χ1n) is 12.7. The van der Waals surface area contributed by atoms with E-state index < -0.39 is 0 Å². The molecule has 3 aliphatic rings. The van der Waals surface area contributed by atoms with Crippen LogP contribution in [-0.2, 0) is 6.42 Å². The first-order chi connectivity index (χ1) is 17.0. The number of carbonyl (C=O) groups is 3. The Bertz CT molecular complexity index is 1110. The molecule has 7 nitrogen and oxygen atoms in total. The fraction of sp³-hybridized carbons (Fsp3) is 0.464. The Labute approximate surface area is 206 Å². The van der Waals surface area contributed by atoms with Crippen LogP contribution in [0.3, 0.4) is 0 Å². The van der Waals surface area contributed by atoms with Crippen LogP contribution in [0.2, 0.25) is 0 Å². The quantitative estimate of drug-likeness (QED) is 0.441. The van der Waals surface area contributed by atoms with Crippen molar-refractivity contribution in [1.29, 1.82) is 0 Å². The number of carbonyl (C=O) groups excluding carboxylic acids is 3. The van der Waals surface area contributed by atoms with Crippen molar-refractivity contribution in [1.82, 2.24) is 14.7 Å². The summed E-state index contributed by atoms with van der Waals surface area (Å²) < 4.78 is 5.64. The van der Waals surface area contributed by atoms with Gasteiger partial charge in [-0.2, -0.15) is 0 Å². The van der Waals surface area contributed by atoms with Crippen LogP contribution in [0.5, 0.6) is 5.75 Å². The Kier molecular flexibility index (Phi) is 6.60. The zero-order chi connectivity index (χ0) is 24.5. The fourth-order valence-electron chi connectivity index (χ4n) is 5.92. The average Bonchev–Trinajstić information content (AvgIpc) is 3.38. The van der Waals surface area contributed by atoms with E-state index in [0.717, 1.165) is 51.6 Å². The van der Waals surface area contributed by atoms with Gasteiger partial charge in [-0.15, -0.1) is 0 Å². The normalized spacial score (nSPS) is 21.0. The number of hydrogen-bond acceptors (Lipinski definition) is 5. The van der Waals surface area contributed by atoms with Gasteiger partial charge in [0, 0.05) is 32.6 Å². The predicted octanol–water partition coefficient (Wildman–Crippen LogP) is 4.32. The highest BCUT2D eigenvalue weighted by atomic mass is 16.6. The van der Waals surface area contributed by atoms with Gasteiger partial charge in [0.1, 0.15) is 5.75 Å². The predicted molar refractivity (Wildman–Crippen MR) is 133 cm³/mol. The van der Waals surface area contributed by atoms with E-state index in [1.165, 1.54) is 20.9 Å². The molecular weight excluding hydrogens is 442 g/mol. The van der Waals surface area contributed by atoms with Gasteiger partial charge in [0.15, 0.2) is 0 Å². The van der Waals surface area contributed by atoms with E-state index in [-0.39, 0.29) is 17.9 Å². The zero-order valence-corrected chi connectivity index (χ0v) is 20.5. The summed E-state index contributed by atoms with van der Waals surface area (Å²) >= 11 is 0. The smallest absolute Gasteiger partial charge is 0.410 e. The molecule has 35 heavy (non-hydrogen) atoms. The third-order valence-electron chi connectivity index (χ3n) is 7.69. The summed E-state index contributed by atoms with van der Waals surface area (Å²) in [6, 6.07) is 13.7. The number of imide groups is 1. The third-order valence-corrected chi connectivity index (χ3v) is 7.69. The minimum absolute atomic E-state index is 0.163. The Hall–Kier alpha value is -3.19.